The number of hydrogen-bond donors (Lipinski definition) is 2. The molecule has 6 rings (SSSR count). The van der Waals surface area contributed by atoms with Crippen LogP contribution in [-0.2, 0) is 4.79 Å². The molecule has 0 saturated heterocycles. The van der Waals surface area contributed by atoms with E-state index in [0.29, 0.717) is 30.5 Å². The SMILES string of the molecule is CC(C)C1=C2[C@H]3CC[C@@H]4[C@@]5(C)CC[C@@](O)(NC(=O)c6ccncn6)C(C)(C)[C@@H]5CC[C@@]4(C)[C@]3(C)CC[C@@]2(C)CC1=O. The number of nitrogens with one attached hydrogen (secondary N) is 1. The zero-order valence-electron chi connectivity index (χ0n) is 26.6. The fourth-order valence-electron chi connectivity index (χ4n) is 11.7. The van der Waals surface area contributed by atoms with Crippen LogP contribution in [0.15, 0.2) is 29.7 Å². The molecule has 0 aromatic carbocycles. The van der Waals surface area contributed by atoms with Crippen molar-refractivity contribution in [3.8, 4) is 0 Å². The van der Waals surface area contributed by atoms with Crippen LogP contribution < -0.4 is 5.32 Å². The largest absolute Gasteiger partial charge is 0.370 e. The van der Waals surface area contributed by atoms with Gasteiger partial charge in [0.1, 0.15) is 17.7 Å². The van der Waals surface area contributed by atoms with E-state index in [0.717, 1.165) is 37.7 Å². The molecule has 41 heavy (non-hydrogen) atoms. The summed E-state index contributed by atoms with van der Waals surface area (Å²) in [6.45, 7) is 18.8. The number of nitrogens with zero attached hydrogens (tertiary/aromatic N) is 2. The molecule has 0 radical (unpaired) electrons. The minimum atomic E-state index is -1.30. The normalized spacial score (nSPS) is 45.0. The Morgan fingerprint density at radius 3 is 2.34 bits per heavy atom. The second-order valence-corrected chi connectivity index (χ2v) is 16.4. The predicted octanol–water partition coefficient (Wildman–Crippen LogP) is 6.90. The molecule has 0 bridgehead atoms. The summed E-state index contributed by atoms with van der Waals surface area (Å²) in [6, 6.07) is 1.59. The first kappa shape index (κ1) is 29.0. The van der Waals surface area contributed by atoms with Gasteiger partial charge in [-0.2, -0.15) is 0 Å². The molecule has 4 saturated carbocycles. The number of fused-ring (bicyclic) bond motifs is 7. The Kier molecular flexibility index (Phi) is 6.35. The topological polar surface area (TPSA) is 92.2 Å². The Hall–Kier alpha value is -2.08. The van der Waals surface area contributed by atoms with Crippen LogP contribution in [0.1, 0.15) is 124 Å². The van der Waals surface area contributed by atoms with Crippen LogP contribution in [0.5, 0.6) is 0 Å². The second kappa shape index (κ2) is 8.97. The molecule has 1 aromatic rings. The summed E-state index contributed by atoms with van der Waals surface area (Å²) in [4.78, 5) is 34.5. The van der Waals surface area contributed by atoms with Crippen LogP contribution in [0.25, 0.3) is 0 Å². The molecule has 0 unspecified atom stereocenters. The lowest BCUT2D eigenvalue weighted by molar-refractivity contribution is -0.256. The van der Waals surface area contributed by atoms with Gasteiger partial charge in [0, 0.05) is 18.0 Å². The van der Waals surface area contributed by atoms with Crippen molar-refractivity contribution in [2.75, 3.05) is 0 Å². The number of hydrogen-bond acceptors (Lipinski definition) is 5. The molecule has 1 aromatic heterocycles. The lowest BCUT2D eigenvalue weighted by atomic mass is 9.32. The Bertz CT molecular complexity index is 1300. The summed E-state index contributed by atoms with van der Waals surface area (Å²) in [7, 11) is 0. The summed E-state index contributed by atoms with van der Waals surface area (Å²) in [5.74, 6) is 1.65. The zero-order chi connectivity index (χ0) is 29.8. The third kappa shape index (κ3) is 3.70. The van der Waals surface area contributed by atoms with Crippen LogP contribution in [0.4, 0.5) is 0 Å². The Morgan fingerprint density at radius 2 is 1.68 bits per heavy atom. The number of aliphatic hydroxyl groups is 1. The van der Waals surface area contributed by atoms with Gasteiger partial charge in [0.25, 0.3) is 5.91 Å². The lowest BCUT2D eigenvalue weighted by Crippen LogP contribution is -2.71. The number of aromatic nitrogens is 2. The highest BCUT2D eigenvalue weighted by Crippen LogP contribution is 2.77. The van der Waals surface area contributed by atoms with E-state index in [-0.39, 0.29) is 45.1 Å². The van der Waals surface area contributed by atoms with E-state index in [1.807, 2.05) is 0 Å². The second-order valence-electron chi connectivity index (χ2n) is 16.4. The number of allylic oxidation sites excluding steroid dienone is 2. The van der Waals surface area contributed by atoms with E-state index >= 15 is 0 Å². The maximum atomic E-state index is 13.3. The van der Waals surface area contributed by atoms with Crippen LogP contribution in [0.3, 0.4) is 0 Å². The van der Waals surface area contributed by atoms with E-state index in [1.165, 1.54) is 24.7 Å². The van der Waals surface area contributed by atoms with Crippen molar-refractivity contribution in [1.29, 1.82) is 0 Å². The van der Waals surface area contributed by atoms with Crippen molar-refractivity contribution in [2.24, 2.45) is 50.7 Å². The van der Waals surface area contributed by atoms with Crippen molar-refractivity contribution in [3.63, 3.8) is 0 Å². The van der Waals surface area contributed by atoms with Crippen molar-refractivity contribution in [3.05, 3.63) is 35.4 Å². The molecule has 6 heteroatoms. The molecule has 8 atom stereocenters. The van der Waals surface area contributed by atoms with Crippen LogP contribution in [0, 0.1) is 50.7 Å². The maximum Gasteiger partial charge on any atom is 0.272 e. The maximum absolute atomic E-state index is 13.3. The predicted molar refractivity (Wildman–Crippen MR) is 160 cm³/mol. The average Bonchev–Trinajstić information content (AvgIpc) is 3.18. The highest BCUT2D eigenvalue weighted by molar-refractivity contribution is 6.00. The van der Waals surface area contributed by atoms with E-state index < -0.39 is 11.1 Å². The van der Waals surface area contributed by atoms with Gasteiger partial charge in [-0.1, -0.05) is 61.0 Å². The number of Topliss-reactive ketones (excluding diaryl/α,β-unsaturated/α-hetero) is 1. The van der Waals surface area contributed by atoms with E-state index in [2.05, 4.69) is 70.7 Å². The standard InChI is InChI=1S/C35H51N3O3/c1-21(2)27-24(39)19-31(5)14-16-33(7)22(28(27)31)9-10-26-32(6)15-17-35(41,38-29(40)23-12-18-36-20-37-23)30(3,4)25(32)11-13-34(26,33)8/h12,18,20-22,25-26,41H,9-11,13-17,19H2,1-8H3,(H,38,40)/t22-,25+,26-,31+,32+,33-,34-,35+/m1/s1. The highest BCUT2D eigenvalue weighted by Gasteiger charge is 2.71. The van der Waals surface area contributed by atoms with Gasteiger partial charge in [0.2, 0.25) is 0 Å². The van der Waals surface area contributed by atoms with Crippen molar-refractivity contribution < 1.29 is 14.7 Å². The number of ketones is 1. The first-order valence-corrected chi connectivity index (χ1v) is 16.1. The highest BCUT2D eigenvalue weighted by atomic mass is 16.3. The number of rotatable bonds is 3. The fraction of sp³-hybridized carbons (Fsp3) is 0.771. The Morgan fingerprint density at radius 1 is 0.951 bits per heavy atom. The molecule has 0 spiro atoms. The molecule has 1 amide bonds. The fourth-order valence-corrected chi connectivity index (χ4v) is 11.7. The number of carbonyl (C=O) groups is 2. The number of amides is 1. The lowest BCUT2D eigenvalue weighted by Gasteiger charge is -2.73. The molecule has 4 fully saturated rings. The molecular weight excluding hydrogens is 510 g/mol. The van der Waals surface area contributed by atoms with Crippen molar-refractivity contribution in [1.82, 2.24) is 15.3 Å². The van der Waals surface area contributed by atoms with Crippen molar-refractivity contribution >= 4 is 11.7 Å². The monoisotopic (exact) mass is 561 g/mol. The quantitative estimate of drug-likeness (QED) is 0.392. The first-order chi connectivity index (χ1) is 19.0. The van der Waals surface area contributed by atoms with Gasteiger partial charge < -0.3 is 10.4 Å². The van der Waals surface area contributed by atoms with Crippen LogP contribution in [0.2, 0.25) is 0 Å². The third-order valence-electron chi connectivity index (χ3n) is 14.1. The first-order valence-electron chi connectivity index (χ1n) is 16.1. The molecule has 2 N–H and O–H groups in total. The van der Waals surface area contributed by atoms with Gasteiger partial charge >= 0.3 is 0 Å². The van der Waals surface area contributed by atoms with Crippen LogP contribution >= 0.6 is 0 Å². The molecular formula is C35H51N3O3. The number of carbonyl (C=O) groups excluding carboxylic acids is 2. The summed E-state index contributed by atoms with van der Waals surface area (Å²) in [6.07, 6.45) is 11.8. The average molecular weight is 562 g/mol. The van der Waals surface area contributed by atoms with Gasteiger partial charge in [0.05, 0.1) is 0 Å². The smallest absolute Gasteiger partial charge is 0.272 e. The van der Waals surface area contributed by atoms with Gasteiger partial charge in [-0.05, 0) is 108 Å². The minimum absolute atomic E-state index is 0.0381. The summed E-state index contributed by atoms with van der Waals surface area (Å²) < 4.78 is 0. The van der Waals surface area contributed by atoms with Gasteiger partial charge in [0.15, 0.2) is 5.78 Å². The summed E-state index contributed by atoms with van der Waals surface area (Å²) >= 11 is 0. The zero-order valence-corrected chi connectivity index (χ0v) is 26.6. The molecule has 5 aliphatic rings. The molecule has 224 valence electrons. The van der Waals surface area contributed by atoms with Gasteiger partial charge in [-0.25, -0.2) is 9.97 Å². The van der Waals surface area contributed by atoms with Gasteiger partial charge in [-0.3, -0.25) is 9.59 Å². The van der Waals surface area contributed by atoms with Crippen molar-refractivity contribution in [2.45, 2.75) is 119 Å². The van der Waals surface area contributed by atoms with E-state index in [1.54, 1.807) is 12.3 Å². The molecule has 5 aliphatic carbocycles. The summed E-state index contributed by atoms with van der Waals surface area (Å²) in [5, 5.41) is 15.1. The van der Waals surface area contributed by atoms with Crippen LogP contribution in [-0.4, -0.2) is 32.5 Å². The van der Waals surface area contributed by atoms with E-state index in [9.17, 15) is 14.7 Å². The Labute approximate surface area is 246 Å². The minimum Gasteiger partial charge on any atom is -0.370 e. The molecule has 0 aliphatic heterocycles. The molecule has 6 nitrogen and oxygen atoms in total. The molecule has 1 heterocycles. The van der Waals surface area contributed by atoms with Gasteiger partial charge in [-0.15, -0.1) is 0 Å². The third-order valence-corrected chi connectivity index (χ3v) is 14.1. The Balaban J connectivity index is 1.34. The van der Waals surface area contributed by atoms with E-state index in [4.69, 9.17) is 0 Å². The summed E-state index contributed by atoms with van der Waals surface area (Å²) in [5.41, 5.74) is 1.60.